The van der Waals surface area contributed by atoms with Gasteiger partial charge in [-0.05, 0) is 33.4 Å². The van der Waals surface area contributed by atoms with Crippen LogP contribution in [-0.2, 0) is 6.42 Å². The van der Waals surface area contributed by atoms with Gasteiger partial charge in [-0.1, -0.05) is 117 Å². The maximum Gasteiger partial charge on any atom is 0.235 e. The molecule has 178 valence electrons. The second-order valence-corrected chi connectivity index (χ2v) is 7.46. The third-order valence-corrected chi connectivity index (χ3v) is 5.05. The maximum absolute atomic E-state index is 10.3. The highest BCUT2D eigenvalue weighted by Crippen LogP contribution is 2.20. The van der Waals surface area contributed by atoms with Gasteiger partial charge in [0.1, 0.15) is 0 Å². The molecule has 4 rings (SSSR count). The summed E-state index contributed by atoms with van der Waals surface area (Å²) in [7, 11) is 0. The summed E-state index contributed by atoms with van der Waals surface area (Å²) in [6.45, 7) is -0.00924. The standard InChI is InChI=1S/C14H13NO2.C14H11NO2.CH4/c2*16-15(17)11-10-12-6-8-14(9-7-12)13-4-2-1-3-5-13;/h1-9H,10-11H2;1-11H;1H4/b;11-10+;. The van der Waals surface area contributed by atoms with Crippen LogP contribution >= 0.6 is 0 Å². The van der Waals surface area contributed by atoms with E-state index in [9.17, 15) is 20.2 Å². The van der Waals surface area contributed by atoms with Gasteiger partial charge in [-0.25, -0.2) is 0 Å². The minimum absolute atomic E-state index is 0. The average Bonchev–Trinajstić information content (AvgIpc) is 2.88. The fourth-order valence-corrected chi connectivity index (χ4v) is 3.28. The molecule has 0 atom stereocenters. The zero-order chi connectivity index (χ0) is 24.2. The third-order valence-electron chi connectivity index (χ3n) is 5.05. The second-order valence-electron chi connectivity index (χ2n) is 7.46. The Morgan fingerprint density at radius 3 is 1.46 bits per heavy atom. The van der Waals surface area contributed by atoms with Crippen molar-refractivity contribution < 1.29 is 9.85 Å². The Morgan fingerprint density at radius 2 is 1.03 bits per heavy atom. The summed E-state index contributed by atoms with van der Waals surface area (Å²) < 4.78 is 0. The van der Waals surface area contributed by atoms with Crippen molar-refractivity contribution in [1.82, 2.24) is 0 Å². The van der Waals surface area contributed by atoms with Crippen LogP contribution in [0.15, 0.2) is 115 Å². The Balaban J connectivity index is 0.000000240. The van der Waals surface area contributed by atoms with Gasteiger partial charge < -0.3 is 0 Å². The molecule has 0 aliphatic rings. The van der Waals surface area contributed by atoms with Crippen LogP contribution in [0.5, 0.6) is 0 Å². The van der Waals surface area contributed by atoms with Crippen LogP contribution in [0.3, 0.4) is 0 Å². The molecule has 0 unspecified atom stereocenters. The quantitative estimate of drug-likeness (QED) is 0.209. The first-order valence-electron chi connectivity index (χ1n) is 10.7. The summed E-state index contributed by atoms with van der Waals surface area (Å²) in [5, 5.41) is 20.4. The molecule has 0 spiro atoms. The van der Waals surface area contributed by atoms with Gasteiger partial charge >= 0.3 is 0 Å². The molecule has 35 heavy (non-hydrogen) atoms. The summed E-state index contributed by atoms with van der Waals surface area (Å²) in [6.07, 6.45) is 2.91. The van der Waals surface area contributed by atoms with Gasteiger partial charge in [-0.3, -0.25) is 20.2 Å². The largest absolute Gasteiger partial charge is 0.265 e. The van der Waals surface area contributed by atoms with Gasteiger partial charge in [0, 0.05) is 17.4 Å². The van der Waals surface area contributed by atoms with Gasteiger partial charge in [0.2, 0.25) is 12.7 Å². The molecular formula is C29H28N2O4. The molecule has 0 aliphatic heterocycles. The van der Waals surface area contributed by atoms with Crippen molar-refractivity contribution in [2.45, 2.75) is 13.8 Å². The molecular weight excluding hydrogens is 440 g/mol. The first-order valence-corrected chi connectivity index (χ1v) is 10.7. The highest BCUT2D eigenvalue weighted by atomic mass is 16.6. The molecule has 4 aromatic rings. The summed E-state index contributed by atoms with van der Waals surface area (Å²) in [5.41, 5.74) is 6.35. The number of benzene rings is 4. The number of nitrogens with zero attached hydrogens (tertiary/aromatic N) is 2. The van der Waals surface area contributed by atoms with Crippen LogP contribution in [0.4, 0.5) is 0 Å². The SMILES string of the molecule is C.O=[N+]([O-])/C=C/c1ccc(-c2ccccc2)cc1.O=[N+]([O-])CCc1ccc(-c2ccccc2)cc1. The van der Waals surface area contributed by atoms with Crippen LogP contribution in [0.25, 0.3) is 28.3 Å². The van der Waals surface area contributed by atoms with Gasteiger partial charge in [0.05, 0.1) is 4.92 Å². The van der Waals surface area contributed by atoms with Crippen LogP contribution in [0.1, 0.15) is 18.6 Å². The number of rotatable bonds is 7. The van der Waals surface area contributed by atoms with E-state index >= 15 is 0 Å². The van der Waals surface area contributed by atoms with Crippen LogP contribution < -0.4 is 0 Å². The topological polar surface area (TPSA) is 86.3 Å². The molecule has 0 fully saturated rings. The van der Waals surface area contributed by atoms with Crippen LogP contribution in [0.2, 0.25) is 0 Å². The van der Waals surface area contributed by atoms with E-state index in [1.54, 1.807) is 0 Å². The summed E-state index contributed by atoms with van der Waals surface area (Å²) in [5.74, 6) is 0. The molecule has 4 aromatic carbocycles. The molecule has 0 saturated heterocycles. The lowest BCUT2D eigenvalue weighted by atomic mass is 10.0. The van der Waals surface area contributed by atoms with E-state index in [1.807, 2.05) is 109 Å². The summed E-state index contributed by atoms with van der Waals surface area (Å²) in [6, 6.07) is 35.6. The van der Waals surface area contributed by atoms with Crippen molar-refractivity contribution in [2.75, 3.05) is 6.54 Å². The van der Waals surface area contributed by atoms with E-state index < -0.39 is 4.92 Å². The Kier molecular flexibility index (Phi) is 10.6. The lowest BCUT2D eigenvalue weighted by molar-refractivity contribution is -0.479. The van der Waals surface area contributed by atoms with Gasteiger partial charge in [0.15, 0.2) is 0 Å². The molecule has 0 aromatic heterocycles. The second kappa shape index (κ2) is 13.9. The van der Waals surface area contributed by atoms with Crippen LogP contribution in [-0.4, -0.2) is 16.4 Å². The minimum atomic E-state index is -0.467. The molecule has 0 bridgehead atoms. The van der Waals surface area contributed by atoms with E-state index in [-0.39, 0.29) is 18.9 Å². The van der Waals surface area contributed by atoms with Crippen molar-refractivity contribution in [2.24, 2.45) is 0 Å². The number of hydrogen-bond donors (Lipinski definition) is 0. The Morgan fingerprint density at radius 1 is 0.600 bits per heavy atom. The van der Waals surface area contributed by atoms with E-state index in [2.05, 4.69) is 0 Å². The van der Waals surface area contributed by atoms with E-state index in [4.69, 9.17) is 0 Å². The molecule has 6 heteroatoms. The van der Waals surface area contributed by atoms with Crippen molar-refractivity contribution in [3.8, 4) is 22.3 Å². The highest BCUT2D eigenvalue weighted by molar-refractivity contribution is 5.65. The van der Waals surface area contributed by atoms with Crippen molar-refractivity contribution in [3.63, 3.8) is 0 Å². The Hall–Kier alpha value is -4.58. The Labute approximate surface area is 205 Å². The first kappa shape index (κ1) is 26.7. The first-order chi connectivity index (χ1) is 16.5. The third kappa shape index (κ3) is 9.06. The Bertz CT molecular complexity index is 1220. The van der Waals surface area contributed by atoms with Gasteiger partial charge in [0.25, 0.3) is 0 Å². The predicted molar refractivity (Wildman–Crippen MR) is 142 cm³/mol. The van der Waals surface area contributed by atoms with E-state index in [0.29, 0.717) is 6.42 Å². The van der Waals surface area contributed by atoms with E-state index in [0.717, 1.165) is 39.6 Å². The lowest BCUT2D eigenvalue weighted by Gasteiger charge is -2.02. The number of nitro groups is 2. The van der Waals surface area contributed by atoms with Gasteiger partial charge in [-0.15, -0.1) is 0 Å². The summed E-state index contributed by atoms with van der Waals surface area (Å²) in [4.78, 5) is 19.7. The molecule has 0 aliphatic carbocycles. The lowest BCUT2D eigenvalue weighted by Crippen LogP contribution is -2.03. The van der Waals surface area contributed by atoms with Crippen molar-refractivity contribution >= 4 is 6.08 Å². The molecule has 0 saturated carbocycles. The minimum Gasteiger partial charge on any atom is -0.265 e. The average molecular weight is 469 g/mol. The van der Waals surface area contributed by atoms with E-state index in [1.165, 1.54) is 6.08 Å². The number of hydrogen-bond acceptors (Lipinski definition) is 4. The van der Waals surface area contributed by atoms with Gasteiger partial charge in [-0.2, -0.15) is 0 Å². The van der Waals surface area contributed by atoms with Crippen molar-refractivity contribution in [1.29, 1.82) is 0 Å². The molecule has 6 nitrogen and oxygen atoms in total. The fraction of sp³-hybridized carbons (Fsp3) is 0.103. The maximum atomic E-state index is 10.3. The predicted octanol–water partition coefficient (Wildman–Crippen LogP) is 7.41. The zero-order valence-corrected chi connectivity index (χ0v) is 18.5. The van der Waals surface area contributed by atoms with Crippen LogP contribution in [0, 0.1) is 20.2 Å². The smallest absolute Gasteiger partial charge is 0.235 e. The summed E-state index contributed by atoms with van der Waals surface area (Å²) >= 11 is 0. The fourth-order valence-electron chi connectivity index (χ4n) is 3.28. The molecule has 0 radical (unpaired) electrons. The molecule has 0 amide bonds. The normalized spacial score (nSPS) is 10.1. The van der Waals surface area contributed by atoms with Crippen molar-refractivity contribution in [3.05, 3.63) is 147 Å². The monoisotopic (exact) mass is 468 g/mol. The molecule has 0 N–H and O–H groups in total. The zero-order valence-electron chi connectivity index (χ0n) is 18.5. The molecule has 0 heterocycles. The highest BCUT2D eigenvalue weighted by Gasteiger charge is 2.01.